The minimum atomic E-state index is -0.262. The van der Waals surface area contributed by atoms with Gasteiger partial charge in [0.25, 0.3) is 5.91 Å². The second-order valence-corrected chi connectivity index (χ2v) is 7.25. The van der Waals surface area contributed by atoms with Crippen molar-refractivity contribution in [2.45, 2.75) is 20.0 Å². The predicted octanol–water partition coefficient (Wildman–Crippen LogP) is 4.47. The Morgan fingerprint density at radius 2 is 1.81 bits per heavy atom. The van der Waals surface area contributed by atoms with E-state index in [4.69, 9.17) is 11.6 Å². The molecule has 26 heavy (non-hydrogen) atoms. The van der Waals surface area contributed by atoms with E-state index >= 15 is 0 Å². The summed E-state index contributed by atoms with van der Waals surface area (Å²) in [6.07, 6.45) is 0. The maximum Gasteiger partial charge on any atom is 0.286 e. The Balaban J connectivity index is 1.61. The van der Waals surface area contributed by atoms with Crippen molar-refractivity contribution in [2.24, 2.45) is 0 Å². The van der Waals surface area contributed by atoms with Crippen LogP contribution in [0.2, 0.25) is 5.02 Å². The van der Waals surface area contributed by atoms with Gasteiger partial charge in [0.05, 0.1) is 6.54 Å². The van der Waals surface area contributed by atoms with Gasteiger partial charge in [-0.1, -0.05) is 60.2 Å². The zero-order valence-corrected chi connectivity index (χ0v) is 15.9. The van der Waals surface area contributed by atoms with Gasteiger partial charge in [-0.05, 0) is 36.4 Å². The van der Waals surface area contributed by atoms with Gasteiger partial charge in [-0.2, -0.15) is 0 Å². The summed E-state index contributed by atoms with van der Waals surface area (Å²) in [5.74, 6) is -0.262. The van der Waals surface area contributed by atoms with Crippen molar-refractivity contribution in [3.05, 3.63) is 75.2 Å². The molecule has 0 atom stereocenters. The van der Waals surface area contributed by atoms with Crippen molar-refractivity contribution in [1.82, 2.24) is 15.1 Å². The molecular weight excluding hydrogens is 368 g/mol. The van der Waals surface area contributed by atoms with Gasteiger partial charge in [-0.25, -0.2) is 0 Å². The lowest BCUT2D eigenvalue weighted by atomic mass is 10.2. The van der Waals surface area contributed by atoms with E-state index < -0.39 is 0 Å². The first-order chi connectivity index (χ1) is 12.6. The van der Waals surface area contributed by atoms with Crippen molar-refractivity contribution in [3.8, 4) is 0 Å². The van der Waals surface area contributed by atoms with Crippen LogP contribution in [0.3, 0.4) is 0 Å². The Morgan fingerprint density at radius 3 is 2.50 bits per heavy atom. The van der Waals surface area contributed by atoms with Crippen LogP contribution < -0.4 is 5.32 Å². The summed E-state index contributed by atoms with van der Waals surface area (Å²) in [5, 5.41) is 12.8. The van der Waals surface area contributed by atoms with Crippen LogP contribution in [0.5, 0.6) is 0 Å². The first-order valence-corrected chi connectivity index (χ1v) is 9.49. The molecule has 7 heteroatoms. The Labute approximate surface area is 161 Å². The molecule has 1 heterocycles. The van der Waals surface area contributed by atoms with E-state index in [9.17, 15) is 4.79 Å². The molecule has 0 aliphatic heterocycles. The average molecular weight is 387 g/mol. The fourth-order valence-electron chi connectivity index (χ4n) is 2.44. The van der Waals surface area contributed by atoms with Crippen LogP contribution >= 0.6 is 22.9 Å². The molecule has 1 amide bonds. The van der Waals surface area contributed by atoms with Gasteiger partial charge in [0, 0.05) is 17.3 Å². The largest absolute Gasteiger partial charge is 0.320 e. The highest BCUT2D eigenvalue weighted by Crippen LogP contribution is 2.17. The summed E-state index contributed by atoms with van der Waals surface area (Å²) in [6.45, 7) is 4.50. The number of aromatic nitrogens is 2. The fourth-order valence-corrected chi connectivity index (χ4v) is 3.34. The highest BCUT2D eigenvalue weighted by molar-refractivity contribution is 7.13. The fraction of sp³-hybridized carbons (Fsp3) is 0.211. The number of amides is 1. The molecule has 0 aliphatic carbocycles. The maximum absolute atomic E-state index is 12.3. The lowest BCUT2D eigenvalue weighted by Crippen LogP contribution is -2.22. The SMILES string of the molecule is CCN(Cc1ccccc1)Cc1nnc(C(=O)Nc2ccc(Cl)cc2)s1. The number of nitrogens with zero attached hydrogens (tertiary/aromatic N) is 3. The van der Waals surface area contributed by atoms with Gasteiger partial charge >= 0.3 is 0 Å². The molecule has 0 aliphatic rings. The number of carbonyl (C=O) groups is 1. The van der Waals surface area contributed by atoms with E-state index in [2.05, 4.69) is 39.5 Å². The molecule has 1 aromatic heterocycles. The zero-order valence-electron chi connectivity index (χ0n) is 14.4. The highest BCUT2D eigenvalue weighted by Gasteiger charge is 2.15. The molecule has 1 N–H and O–H groups in total. The molecule has 2 aromatic carbocycles. The summed E-state index contributed by atoms with van der Waals surface area (Å²) in [6, 6.07) is 17.2. The van der Waals surface area contributed by atoms with Crippen LogP contribution in [0, 0.1) is 0 Å². The van der Waals surface area contributed by atoms with Gasteiger partial charge in [0.1, 0.15) is 5.01 Å². The van der Waals surface area contributed by atoms with Gasteiger partial charge < -0.3 is 5.32 Å². The summed E-state index contributed by atoms with van der Waals surface area (Å²) in [5.41, 5.74) is 1.93. The summed E-state index contributed by atoms with van der Waals surface area (Å²) in [7, 11) is 0. The van der Waals surface area contributed by atoms with E-state index in [0.717, 1.165) is 18.1 Å². The Morgan fingerprint density at radius 1 is 1.08 bits per heavy atom. The third-order valence-electron chi connectivity index (χ3n) is 3.82. The van der Waals surface area contributed by atoms with Crippen LogP contribution in [0.25, 0.3) is 0 Å². The normalized spacial score (nSPS) is 10.9. The monoisotopic (exact) mass is 386 g/mol. The minimum absolute atomic E-state index is 0.262. The Kier molecular flexibility index (Phi) is 6.33. The Bertz CT molecular complexity index is 851. The molecule has 0 radical (unpaired) electrons. The average Bonchev–Trinajstić information content (AvgIpc) is 3.12. The number of rotatable bonds is 7. The van der Waals surface area contributed by atoms with E-state index in [1.807, 2.05) is 18.2 Å². The number of anilines is 1. The van der Waals surface area contributed by atoms with Crippen molar-refractivity contribution in [1.29, 1.82) is 0 Å². The van der Waals surface area contributed by atoms with Gasteiger partial charge in [0.15, 0.2) is 0 Å². The smallest absolute Gasteiger partial charge is 0.286 e. The third kappa shape index (κ3) is 5.11. The number of hydrogen-bond donors (Lipinski definition) is 1. The number of hydrogen-bond acceptors (Lipinski definition) is 5. The lowest BCUT2D eigenvalue weighted by molar-refractivity contribution is 0.102. The molecule has 0 spiro atoms. The molecule has 5 nitrogen and oxygen atoms in total. The highest BCUT2D eigenvalue weighted by atomic mass is 35.5. The standard InChI is InChI=1S/C19H19ClN4OS/c1-2-24(12-14-6-4-3-5-7-14)13-17-22-23-19(26-17)18(25)21-16-10-8-15(20)9-11-16/h3-11H,2,12-13H2,1H3,(H,21,25). The number of halogens is 1. The van der Waals surface area contributed by atoms with Gasteiger partial charge in [0.2, 0.25) is 5.01 Å². The van der Waals surface area contributed by atoms with Crippen LogP contribution in [0.1, 0.15) is 27.3 Å². The molecular formula is C19H19ClN4OS. The number of carbonyl (C=O) groups excluding carboxylic acids is 1. The summed E-state index contributed by atoms with van der Waals surface area (Å²) < 4.78 is 0. The maximum atomic E-state index is 12.3. The van der Waals surface area contributed by atoms with Crippen LogP contribution in [0.15, 0.2) is 54.6 Å². The van der Waals surface area contributed by atoms with E-state index in [0.29, 0.717) is 22.3 Å². The minimum Gasteiger partial charge on any atom is -0.320 e. The molecule has 134 valence electrons. The van der Waals surface area contributed by atoms with E-state index in [1.54, 1.807) is 24.3 Å². The van der Waals surface area contributed by atoms with Gasteiger partial charge in [-0.3, -0.25) is 9.69 Å². The third-order valence-corrected chi connectivity index (χ3v) is 4.98. The van der Waals surface area contributed by atoms with Gasteiger partial charge in [-0.15, -0.1) is 10.2 Å². The molecule has 0 bridgehead atoms. The van der Waals surface area contributed by atoms with Crippen molar-refractivity contribution in [2.75, 3.05) is 11.9 Å². The topological polar surface area (TPSA) is 58.1 Å². The molecule has 0 fully saturated rings. The lowest BCUT2D eigenvalue weighted by Gasteiger charge is -2.18. The quantitative estimate of drug-likeness (QED) is 0.651. The number of nitrogens with one attached hydrogen (secondary N) is 1. The molecule has 3 rings (SSSR count). The molecule has 0 saturated heterocycles. The number of benzene rings is 2. The Hall–Kier alpha value is -2.28. The molecule has 0 unspecified atom stereocenters. The molecule has 3 aromatic rings. The van der Waals surface area contributed by atoms with E-state index in [1.165, 1.54) is 16.9 Å². The van der Waals surface area contributed by atoms with Crippen LogP contribution in [-0.4, -0.2) is 27.5 Å². The second kappa shape index (κ2) is 8.89. The van der Waals surface area contributed by atoms with Crippen LogP contribution in [-0.2, 0) is 13.1 Å². The van der Waals surface area contributed by atoms with Crippen molar-refractivity contribution < 1.29 is 4.79 Å². The first kappa shape index (κ1) is 18.5. The van der Waals surface area contributed by atoms with Crippen molar-refractivity contribution >= 4 is 34.5 Å². The zero-order chi connectivity index (χ0) is 18.4. The van der Waals surface area contributed by atoms with E-state index in [-0.39, 0.29) is 5.91 Å². The predicted molar refractivity (Wildman–Crippen MR) is 106 cm³/mol. The van der Waals surface area contributed by atoms with Crippen LogP contribution in [0.4, 0.5) is 5.69 Å². The summed E-state index contributed by atoms with van der Waals surface area (Å²) in [4.78, 5) is 14.6. The second-order valence-electron chi connectivity index (χ2n) is 5.75. The first-order valence-electron chi connectivity index (χ1n) is 8.29. The molecule has 0 saturated carbocycles. The van der Waals surface area contributed by atoms with Crippen molar-refractivity contribution in [3.63, 3.8) is 0 Å². The summed E-state index contributed by atoms with van der Waals surface area (Å²) >= 11 is 7.17.